The van der Waals surface area contributed by atoms with Crippen LogP contribution in [0.5, 0.6) is 0 Å². The molecule has 1 unspecified atom stereocenters. The summed E-state index contributed by atoms with van der Waals surface area (Å²) in [5.74, 6) is 1.33. The van der Waals surface area contributed by atoms with E-state index in [2.05, 4.69) is 72.7 Å². The van der Waals surface area contributed by atoms with E-state index in [-0.39, 0.29) is 0 Å². The highest BCUT2D eigenvalue weighted by atomic mass is 32.1. The lowest BCUT2D eigenvalue weighted by Gasteiger charge is -2.22. The van der Waals surface area contributed by atoms with E-state index in [1.54, 1.807) is 11.3 Å². The van der Waals surface area contributed by atoms with Crippen LogP contribution >= 0.6 is 11.3 Å². The Kier molecular flexibility index (Phi) is 6.79. The second kappa shape index (κ2) is 8.83. The molecule has 4 nitrogen and oxygen atoms in total. The van der Waals surface area contributed by atoms with Gasteiger partial charge in [0, 0.05) is 31.4 Å². The molecule has 0 bridgehead atoms. The quantitative estimate of drug-likeness (QED) is 0.637. The molecular weight excluding hydrogens is 316 g/mol. The summed E-state index contributed by atoms with van der Waals surface area (Å²) in [5, 5.41) is 6.60. The molecule has 0 spiro atoms. The van der Waals surface area contributed by atoms with E-state index in [9.17, 15) is 0 Å². The van der Waals surface area contributed by atoms with Crippen LogP contribution in [-0.4, -0.2) is 36.0 Å². The van der Waals surface area contributed by atoms with Gasteiger partial charge in [0.25, 0.3) is 0 Å². The summed E-state index contributed by atoms with van der Waals surface area (Å²) in [6.45, 7) is 10.9. The van der Waals surface area contributed by atoms with Gasteiger partial charge in [-0.15, -0.1) is 11.3 Å². The number of hydrogen-bond donors (Lipinski definition) is 1. The van der Waals surface area contributed by atoms with Gasteiger partial charge in [-0.25, -0.2) is 4.98 Å². The van der Waals surface area contributed by atoms with Crippen LogP contribution < -0.4 is 5.32 Å². The molecule has 1 atom stereocenters. The Morgan fingerprint density at radius 3 is 2.58 bits per heavy atom. The molecule has 24 heavy (non-hydrogen) atoms. The zero-order valence-corrected chi connectivity index (χ0v) is 16.2. The molecular formula is C19H28N4S. The molecule has 130 valence electrons. The molecule has 0 saturated carbocycles. The van der Waals surface area contributed by atoms with E-state index < -0.39 is 0 Å². The van der Waals surface area contributed by atoms with Gasteiger partial charge in [-0.2, -0.15) is 0 Å². The zero-order chi connectivity index (χ0) is 17.5. The lowest BCUT2D eigenvalue weighted by atomic mass is 10.0. The number of hydrogen-bond acceptors (Lipinski definition) is 3. The van der Waals surface area contributed by atoms with Gasteiger partial charge in [0.15, 0.2) is 5.96 Å². The van der Waals surface area contributed by atoms with Gasteiger partial charge >= 0.3 is 0 Å². The lowest BCUT2D eigenvalue weighted by molar-refractivity contribution is 0.470. The number of nitrogens with zero attached hydrogens (tertiary/aromatic N) is 3. The molecule has 0 aliphatic heterocycles. The third-order valence-corrected chi connectivity index (χ3v) is 4.75. The number of aromatic nitrogens is 1. The normalized spacial score (nSPS) is 13.0. The molecule has 0 aliphatic carbocycles. The first kappa shape index (κ1) is 18.5. The number of aryl methyl sites for hydroxylation is 2. The van der Waals surface area contributed by atoms with Gasteiger partial charge in [0.05, 0.1) is 17.2 Å². The second-order valence-corrected chi connectivity index (χ2v) is 7.28. The second-order valence-electron chi connectivity index (χ2n) is 6.22. The van der Waals surface area contributed by atoms with Crippen LogP contribution in [0.4, 0.5) is 0 Å². The Morgan fingerprint density at radius 2 is 2.00 bits per heavy atom. The highest BCUT2D eigenvalue weighted by Crippen LogP contribution is 2.16. The Hall–Kier alpha value is -1.88. The van der Waals surface area contributed by atoms with E-state index in [0.29, 0.717) is 5.92 Å². The first-order chi connectivity index (χ1) is 11.5. The van der Waals surface area contributed by atoms with Crippen molar-refractivity contribution in [2.75, 3.05) is 20.1 Å². The monoisotopic (exact) mass is 344 g/mol. The van der Waals surface area contributed by atoms with Crippen molar-refractivity contribution in [1.82, 2.24) is 15.2 Å². The maximum atomic E-state index is 4.82. The highest BCUT2D eigenvalue weighted by molar-refractivity contribution is 7.09. The molecule has 5 heteroatoms. The van der Waals surface area contributed by atoms with Gasteiger partial charge < -0.3 is 10.2 Å². The Bertz CT molecular complexity index is 660. The Labute approximate surface area is 149 Å². The summed E-state index contributed by atoms with van der Waals surface area (Å²) in [6, 6.07) is 8.73. The number of aliphatic imine (C=N–C) groups is 1. The fourth-order valence-electron chi connectivity index (χ4n) is 2.49. The molecule has 2 rings (SSSR count). The smallest absolute Gasteiger partial charge is 0.194 e. The van der Waals surface area contributed by atoms with Crippen LogP contribution in [0.2, 0.25) is 0 Å². The van der Waals surface area contributed by atoms with Crippen molar-refractivity contribution in [3.05, 3.63) is 51.5 Å². The molecule has 0 aliphatic rings. The van der Waals surface area contributed by atoms with Gasteiger partial charge in [-0.1, -0.05) is 36.8 Å². The number of thiazole rings is 1. The van der Waals surface area contributed by atoms with Gasteiger partial charge in [-0.05, 0) is 26.3 Å². The molecule has 1 aromatic heterocycles. The van der Waals surface area contributed by atoms with Crippen LogP contribution in [-0.2, 0) is 6.54 Å². The SMILES string of the molecule is CCNC(=NCC(C)c1ccc(C)cc1)N(C)Cc1csc(C)n1. The van der Waals surface area contributed by atoms with Crippen LogP contribution in [0.15, 0.2) is 34.6 Å². The van der Waals surface area contributed by atoms with Crippen molar-refractivity contribution >= 4 is 17.3 Å². The first-order valence-electron chi connectivity index (χ1n) is 8.46. The lowest BCUT2D eigenvalue weighted by Crippen LogP contribution is -2.38. The van der Waals surface area contributed by atoms with Gasteiger partial charge in [0.2, 0.25) is 0 Å². The summed E-state index contributed by atoms with van der Waals surface area (Å²) >= 11 is 1.69. The zero-order valence-electron chi connectivity index (χ0n) is 15.3. The standard InChI is InChI=1S/C19H28N4S/c1-6-20-19(23(5)12-18-13-24-16(4)22-18)21-11-15(3)17-9-7-14(2)8-10-17/h7-10,13,15H,6,11-12H2,1-5H3,(H,20,21). The van der Waals surface area contributed by atoms with E-state index in [0.717, 1.165) is 36.3 Å². The molecule has 1 aromatic carbocycles. The third-order valence-electron chi connectivity index (χ3n) is 3.92. The maximum Gasteiger partial charge on any atom is 0.194 e. The summed E-state index contributed by atoms with van der Waals surface area (Å²) in [6.07, 6.45) is 0. The minimum atomic E-state index is 0.397. The molecule has 0 radical (unpaired) electrons. The van der Waals surface area contributed by atoms with Crippen LogP contribution in [0.1, 0.15) is 41.6 Å². The maximum absolute atomic E-state index is 4.82. The number of nitrogens with one attached hydrogen (secondary N) is 1. The predicted octanol–water partition coefficient (Wildman–Crippen LogP) is 3.96. The highest BCUT2D eigenvalue weighted by Gasteiger charge is 2.10. The van der Waals surface area contributed by atoms with Crippen LogP contribution in [0, 0.1) is 13.8 Å². The Balaban J connectivity index is 2.02. The van der Waals surface area contributed by atoms with Crippen LogP contribution in [0.25, 0.3) is 0 Å². The number of benzene rings is 1. The minimum Gasteiger partial charge on any atom is -0.357 e. The largest absolute Gasteiger partial charge is 0.357 e. The average Bonchev–Trinajstić information content (AvgIpc) is 2.96. The van der Waals surface area contributed by atoms with Crippen LogP contribution in [0.3, 0.4) is 0 Å². The van der Waals surface area contributed by atoms with Crippen molar-refractivity contribution < 1.29 is 0 Å². The first-order valence-corrected chi connectivity index (χ1v) is 9.34. The van der Waals surface area contributed by atoms with Crippen molar-refractivity contribution in [3.8, 4) is 0 Å². The molecule has 0 fully saturated rings. The van der Waals surface area contributed by atoms with Gasteiger partial charge in [-0.3, -0.25) is 4.99 Å². The summed E-state index contributed by atoms with van der Waals surface area (Å²) in [7, 11) is 2.06. The van der Waals surface area contributed by atoms with Gasteiger partial charge in [0.1, 0.15) is 0 Å². The molecule has 1 heterocycles. The summed E-state index contributed by atoms with van der Waals surface area (Å²) in [4.78, 5) is 11.5. The van der Waals surface area contributed by atoms with Crippen molar-refractivity contribution in [2.24, 2.45) is 4.99 Å². The number of guanidine groups is 1. The predicted molar refractivity (Wildman–Crippen MR) is 104 cm³/mol. The fraction of sp³-hybridized carbons (Fsp3) is 0.474. The molecule has 2 aromatic rings. The summed E-state index contributed by atoms with van der Waals surface area (Å²) < 4.78 is 0. The molecule has 1 N–H and O–H groups in total. The van der Waals surface area contributed by atoms with Crippen molar-refractivity contribution in [2.45, 2.75) is 40.2 Å². The Morgan fingerprint density at radius 1 is 1.29 bits per heavy atom. The summed E-state index contributed by atoms with van der Waals surface area (Å²) in [5.41, 5.74) is 3.72. The van der Waals surface area contributed by atoms with E-state index in [1.807, 2.05) is 6.92 Å². The molecule has 0 amide bonds. The average molecular weight is 345 g/mol. The topological polar surface area (TPSA) is 40.5 Å². The molecule has 0 saturated heterocycles. The van der Waals surface area contributed by atoms with E-state index in [4.69, 9.17) is 4.99 Å². The number of rotatable bonds is 6. The minimum absolute atomic E-state index is 0.397. The van der Waals surface area contributed by atoms with Crippen molar-refractivity contribution in [1.29, 1.82) is 0 Å². The van der Waals surface area contributed by atoms with E-state index in [1.165, 1.54) is 11.1 Å². The fourth-order valence-corrected chi connectivity index (χ4v) is 3.10. The third kappa shape index (κ3) is 5.34. The van der Waals surface area contributed by atoms with E-state index >= 15 is 0 Å². The van der Waals surface area contributed by atoms with Crippen molar-refractivity contribution in [3.63, 3.8) is 0 Å².